The number of piperidine rings is 1. The predicted molar refractivity (Wildman–Crippen MR) is 89.8 cm³/mol. The summed E-state index contributed by atoms with van der Waals surface area (Å²) in [4.78, 5) is 13.1. The summed E-state index contributed by atoms with van der Waals surface area (Å²) in [6, 6.07) is 2.10. The lowest BCUT2D eigenvalue weighted by Gasteiger charge is -2.34. The van der Waals surface area contributed by atoms with E-state index in [9.17, 15) is 0 Å². The first-order valence-electron chi connectivity index (χ1n) is 7.87. The third-order valence-electron chi connectivity index (χ3n) is 4.50. The lowest BCUT2D eigenvalue weighted by Crippen LogP contribution is -2.38. The summed E-state index contributed by atoms with van der Waals surface area (Å²) in [5.74, 6) is 3.52. The molecule has 2 aromatic rings. The third-order valence-corrected chi connectivity index (χ3v) is 5.31. The normalized spacial score (nSPS) is 23.6. The van der Waals surface area contributed by atoms with Crippen LogP contribution < -0.4 is 5.32 Å². The fraction of sp³-hybridized carbons (Fsp3) is 0.625. The molecule has 1 aliphatic rings. The minimum atomic E-state index is 0.762. The monoisotopic (exact) mass is 304 g/mol. The van der Waals surface area contributed by atoms with Crippen LogP contribution in [0.5, 0.6) is 0 Å². The molecular formula is C16H24N4S. The molecule has 1 fully saturated rings. The van der Waals surface area contributed by atoms with E-state index in [-0.39, 0.29) is 0 Å². The molecule has 0 aromatic carbocycles. The van der Waals surface area contributed by atoms with Crippen molar-refractivity contribution in [2.24, 2.45) is 11.8 Å². The van der Waals surface area contributed by atoms with Gasteiger partial charge in [-0.05, 0) is 43.2 Å². The zero-order valence-electron chi connectivity index (χ0n) is 13.1. The Bertz CT molecular complexity index is 609. The number of fused-ring (bicyclic) bond motifs is 1. The molecule has 21 heavy (non-hydrogen) atoms. The molecule has 0 bridgehead atoms. The van der Waals surface area contributed by atoms with Gasteiger partial charge in [-0.1, -0.05) is 13.8 Å². The molecule has 4 nitrogen and oxygen atoms in total. The van der Waals surface area contributed by atoms with Crippen molar-refractivity contribution in [1.29, 1.82) is 0 Å². The highest BCUT2D eigenvalue weighted by atomic mass is 32.1. The standard InChI is InChI=1S/C16H24N4S/c1-4-17-15-13-6-8-21-16(13)19-14(18-15)10-20-7-5-11(2)12(3)9-20/h6,8,11-12H,4-5,7,9-10H2,1-3H3,(H,17,18,19). The number of hydrogen-bond acceptors (Lipinski definition) is 5. The quantitative estimate of drug-likeness (QED) is 0.937. The summed E-state index contributed by atoms with van der Waals surface area (Å²) < 4.78 is 0. The molecule has 2 unspecified atom stereocenters. The Labute approximate surface area is 130 Å². The number of nitrogens with zero attached hydrogens (tertiary/aromatic N) is 3. The van der Waals surface area contributed by atoms with Crippen LogP contribution in [-0.4, -0.2) is 34.5 Å². The van der Waals surface area contributed by atoms with Gasteiger partial charge in [-0.3, -0.25) is 4.90 Å². The molecule has 0 aliphatic carbocycles. The average Bonchev–Trinajstić information content (AvgIpc) is 2.92. The van der Waals surface area contributed by atoms with Crippen molar-refractivity contribution in [3.8, 4) is 0 Å². The van der Waals surface area contributed by atoms with Crippen molar-refractivity contribution in [3.05, 3.63) is 17.3 Å². The van der Waals surface area contributed by atoms with Gasteiger partial charge in [0.1, 0.15) is 16.5 Å². The zero-order valence-corrected chi connectivity index (χ0v) is 13.9. The molecule has 3 heterocycles. The first-order chi connectivity index (χ1) is 10.2. The Balaban J connectivity index is 1.80. The molecule has 1 saturated heterocycles. The zero-order chi connectivity index (χ0) is 14.8. The lowest BCUT2D eigenvalue weighted by molar-refractivity contribution is 0.129. The molecular weight excluding hydrogens is 280 g/mol. The molecule has 0 radical (unpaired) electrons. The molecule has 1 aliphatic heterocycles. The number of anilines is 1. The molecule has 2 atom stereocenters. The van der Waals surface area contributed by atoms with Gasteiger partial charge < -0.3 is 5.32 Å². The van der Waals surface area contributed by atoms with Crippen molar-refractivity contribution in [2.45, 2.75) is 33.7 Å². The predicted octanol–water partition coefficient (Wildman–Crippen LogP) is 3.60. The number of hydrogen-bond donors (Lipinski definition) is 1. The Morgan fingerprint density at radius 1 is 1.33 bits per heavy atom. The Hall–Kier alpha value is -1.20. The van der Waals surface area contributed by atoms with E-state index in [0.717, 1.165) is 59.9 Å². The summed E-state index contributed by atoms with van der Waals surface area (Å²) in [5.41, 5.74) is 0. The van der Waals surface area contributed by atoms with Gasteiger partial charge in [-0.2, -0.15) is 0 Å². The van der Waals surface area contributed by atoms with Crippen molar-refractivity contribution >= 4 is 27.4 Å². The third kappa shape index (κ3) is 3.19. The second-order valence-corrected chi connectivity index (χ2v) is 7.03. The largest absolute Gasteiger partial charge is 0.370 e. The van der Waals surface area contributed by atoms with Crippen LogP contribution in [0.15, 0.2) is 11.4 Å². The minimum absolute atomic E-state index is 0.762. The number of rotatable bonds is 4. The molecule has 3 rings (SSSR count). The van der Waals surface area contributed by atoms with Gasteiger partial charge >= 0.3 is 0 Å². The summed E-state index contributed by atoms with van der Waals surface area (Å²) >= 11 is 1.69. The highest BCUT2D eigenvalue weighted by Crippen LogP contribution is 2.27. The van der Waals surface area contributed by atoms with Gasteiger partial charge in [0.05, 0.1) is 11.9 Å². The van der Waals surface area contributed by atoms with Crippen molar-refractivity contribution in [2.75, 3.05) is 25.0 Å². The summed E-state index contributed by atoms with van der Waals surface area (Å²) in [6.07, 6.45) is 1.28. The van der Waals surface area contributed by atoms with Gasteiger partial charge in [0.2, 0.25) is 0 Å². The van der Waals surface area contributed by atoms with Crippen LogP contribution in [-0.2, 0) is 6.54 Å². The molecule has 0 saturated carbocycles. The van der Waals surface area contributed by atoms with Gasteiger partial charge in [-0.15, -0.1) is 11.3 Å². The SMILES string of the molecule is CCNc1nc(CN2CCC(C)C(C)C2)nc2sccc12. The first-order valence-corrected chi connectivity index (χ1v) is 8.75. The summed E-state index contributed by atoms with van der Waals surface area (Å²) in [6.45, 7) is 10.9. The minimum Gasteiger partial charge on any atom is -0.370 e. The highest BCUT2D eigenvalue weighted by Gasteiger charge is 2.23. The maximum absolute atomic E-state index is 4.74. The Morgan fingerprint density at radius 2 is 2.19 bits per heavy atom. The van der Waals surface area contributed by atoms with Crippen LogP contribution in [0.25, 0.3) is 10.2 Å². The van der Waals surface area contributed by atoms with Crippen LogP contribution in [0.2, 0.25) is 0 Å². The molecule has 0 amide bonds. The number of thiophene rings is 1. The molecule has 5 heteroatoms. The molecule has 0 spiro atoms. The lowest BCUT2D eigenvalue weighted by atomic mass is 9.89. The topological polar surface area (TPSA) is 41.1 Å². The maximum atomic E-state index is 4.74. The van der Waals surface area contributed by atoms with Crippen LogP contribution in [0, 0.1) is 11.8 Å². The van der Waals surface area contributed by atoms with Crippen molar-refractivity contribution in [3.63, 3.8) is 0 Å². The van der Waals surface area contributed by atoms with E-state index < -0.39 is 0 Å². The van der Waals surface area contributed by atoms with Crippen LogP contribution >= 0.6 is 11.3 Å². The maximum Gasteiger partial charge on any atom is 0.146 e. The number of likely N-dealkylation sites (tertiary alicyclic amines) is 1. The first kappa shape index (κ1) is 14.7. The highest BCUT2D eigenvalue weighted by molar-refractivity contribution is 7.16. The van der Waals surface area contributed by atoms with Gasteiger partial charge in [-0.25, -0.2) is 9.97 Å². The average molecular weight is 304 g/mol. The smallest absolute Gasteiger partial charge is 0.146 e. The fourth-order valence-corrected chi connectivity index (χ4v) is 3.75. The second-order valence-electron chi connectivity index (χ2n) is 6.14. The van der Waals surface area contributed by atoms with Crippen molar-refractivity contribution in [1.82, 2.24) is 14.9 Å². The summed E-state index contributed by atoms with van der Waals surface area (Å²) in [5, 5.41) is 6.60. The van der Waals surface area contributed by atoms with Gasteiger partial charge in [0.25, 0.3) is 0 Å². The van der Waals surface area contributed by atoms with E-state index in [4.69, 9.17) is 9.97 Å². The number of aromatic nitrogens is 2. The van der Waals surface area contributed by atoms with E-state index in [1.165, 1.54) is 6.42 Å². The fourth-order valence-electron chi connectivity index (χ4n) is 2.97. The van der Waals surface area contributed by atoms with E-state index >= 15 is 0 Å². The molecule has 2 aromatic heterocycles. The second kappa shape index (κ2) is 6.28. The van der Waals surface area contributed by atoms with E-state index in [1.807, 2.05) is 0 Å². The van der Waals surface area contributed by atoms with Crippen LogP contribution in [0.1, 0.15) is 33.0 Å². The number of nitrogens with one attached hydrogen (secondary N) is 1. The van der Waals surface area contributed by atoms with Crippen LogP contribution in [0.3, 0.4) is 0 Å². The molecule has 1 N–H and O–H groups in total. The van der Waals surface area contributed by atoms with E-state index in [2.05, 4.69) is 42.4 Å². The molecule has 114 valence electrons. The Morgan fingerprint density at radius 3 is 2.95 bits per heavy atom. The van der Waals surface area contributed by atoms with E-state index in [0.29, 0.717) is 0 Å². The van der Waals surface area contributed by atoms with Gasteiger partial charge in [0.15, 0.2) is 0 Å². The van der Waals surface area contributed by atoms with Crippen LogP contribution in [0.4, 0.5) is 5.82 Å². The van der Waals surface area contributed by atoms with E-state index in [1.54, 1.807) is 11.3 Å². The van der Waals surface area contributed by atoms with Crippen molar-refractivity contribution < 1.29 is 0 Å². The Kier molecular flexibility index (Phi) is 4.40. The van der Waals surface area contributed by atoms with Gasteiger partial charge in [0, 0.05) is 13.1 Å². The summed E-state index contributed by atoms with van der Waals surface area (Å²) in [7, 11) is 0.